The molecule has 0 aliphatic carbocycles. The fourth-order valence-electron chi connectivity index (χ4n) is 3.54. The quantitative estimate of drug-likeness (QED) is 0.401. The van der Waals surface area contributed by atoms with Crippen LogP contribution < -0.4 is 5.73 Å². The Labute approximate surface area is 183 Å². The van der Waals surface area contributed by atoms with E-state index in [0.29, 0.717) is 0 Å². The maximum absolute atomic E-state index is 13.0. The van der Waals surface area contributed by atoms with Gasteiger partial charge in [0.15, 0.2) is 9.84 Å². The number of esters is 1. The summed E-state index contributed by atoms with van der Waals surface area (Å²) in [5, 5.41) is 0. The first-order valence-electron chi connectivity index (χ1n) is 10.2. The van der Waals surface area contributed by atoms with Gasteiger partial charge in [-0.3, -0.25) is 4.79 Å². The summed E-state index contributed by atoms with van der Waals surface area (Å²) in [4.78, 5) is 12.1. The molecule has 1 atom stereocenters. The van der Waals surface area contributed by atoms with Crippen LogP contribution in [-0.4, -0.2) is 27.2 Å². The molecule has 31 heavy (non-hydrogen) atoms. The highest BCUT2D eigenvalue weighted by Gasteiger charge is 2.25. The lowest BCUT2D eigenvalue weighted by atomic mass is 9.98. The summed E-state index contributed by atoms with van der Waals surface area (Å²) in [6.45, 7) is 0. The number of rotatable bonds is 9. The van der Waals surface area contributed by atoms with Crippen molar-refractivity contribution in [3.63, 3.8) is 0 Å². The van der Waals surface area contributed by atoms with Crippen LogP contribution in [0.2, 0.25) is 0 Å². The lowest BCUT2D eigenvalue weighted by Crippen LogP contribution is -2.19. The van der Waals surface area contributed by atoms with Crippen molar-refractivity contribution in [1.29, 1.82) is 0 Å². The SMILES string of the molecule is COC(=O)CC(CS(=O)(=O)c1ccc(CCc2cccc(N)c2)cc1)c1ccccc1. The lowest BCUT2D eigenvalue weighted by Gasteiger charge is -2.17. The van der Waals surface area contributed by atoms with Gasteiger partial charge in [-0.25, -0.2) is 8.42 Å². The van der Waals surface area contributed by atoms with E-state index in [2.05, 4.69) is 0 Å². The zero-order valence-corrected chi connectivity index (χ0v) is 18.3. The number of aryl methyl sites for hydroxylation is 2. The molecule has 6 heteroatoms. The number of sulfone groups is 1. The van der Waals surface area contributed by atoms with Gasteiger partial charge in [-0.05, 0) is 53.8 Å². The number of anilines is 1. The van der Waals surface area contributed by atoms with Gasteiger partial charge in [-0.1, -0.05) is 54.6 Å². The third-order valence-electron chi connectivity index (χ3n) is 5.27. The molecule has 3 aromatic carbocycles. The summed E-state index contributed by atoms with van der Waals surface area (Å²) in [6.07, 6.45) is 1.63. The molecular formula is C25H27NO4S. The number of ether oxygens (including phenoxy) is 1. The fraction of sp³-hybridized carbons (Fsp3) is 0.240. The third kappa shape index (κ3) is 6.43. The fourth-order valence-corrected chi connectivity index (χ4v) is 5.13. The van der Waals surface area contributed by atoms with E-state index in [1.807, 2.05) is 66.7 Å². The van der Waals surface area contributed by atoms with E-state index in [-0.39, 0.29) is 17.1 Å². The van der Waals surface area contributed by atoms with Crippen molar-refractivity contribution in [3.05, 3.63) is 95.6 Å². The molecule has 3 aromatic rings. The second-order valence-corrected chi connectivity index (χ2v) is 9.59. The molecule has 0 fully saturated rings. The summed E-state index contributed by atoms with van der Waals surface area (Å²) in [5.41, 5.74) is 9.55. The first kappa shape index (κ1) is 22.6. The lowest BCUT2D eigenvalue weighted by molar-refractivity contribution is -0.140. The van der Waals surface area contributed by atoms with Crippen molar-refractivity contribution in [2.75, 3.05) is 18.6 Å². The van der Waals surface area contributed by atoms with Gasteiger partial charge in [-0.15, -0.1) is 0 Å². The van der Waals surface area contributed by atoms with Crippen LogP contribution in [0, 0.1) is 0 Å². The molecule has 0 aliphatic heterocycles. The monoisotopic (exact) mass is 437 g/mol. The van der Waals surface area contributed by atoms with E-state index in [1.54, 1.807) is 12.1 Å². The van der Waals surface area contributed by atoms with Gasteiger partial charge in [0.05, 0.1) is 24.2 Å². The van der Waals surface area contributed by atoms with E-state index in [1.165, 1.54) is 7.11 Å². The number of carbonyl (C=O) groups is 1. The molecule has 0 saturated carbocycles. The van der Waals surface area contributed by atoms with Gasteiger partial charge in [0.1, 0.15) is 0 Å². The summed E-state index contributed by atoms with van der Waals surface area (Å²) in [5.74, 6) is -1.06. The van der Waals surface area contributed by atoms with E-state index in [4.69, 9.17) is 10.5 Å². The van der Waals surface area contributed by atoms with Crippen LogP contribution in [0.25, 0.3) is 0 Å². The number of benzene rings is 3. The average molecular weight is 438 g/mol. The normalized spacial score (nSPS) is 12.3. The molecule has 0 saturated heterocycles. The van der Waals surface area contributed by atoms with Gasteiger partial charge in [0, 0.05) is 11.6 Å². The van der Waals surface area contributed by atoms with Crippen molar-refractivity contribution in [3.8, 4) is 0 Å². The molecule has 5 nitrogen and oxygen atoms in total. The minimum Gasteiger partial charge on any atom is -0.469 e. The molecule has 0 radical (unpaired) electrons. The predicted molar refractivity (Wildman–Crippen MR) is 123 cm³/mol. The highest BCUT2D eigenvalue weighted by Crippen LogP contribution is 2.26. The highest BCUT2D eigenvalue weighted by molar-refractivity contribution is 7.91. The summed E-state index contributed by atoms with van der Waals surface area (Å²) < 4.78 is 30.9. The number of carbonyl (C=O) groups excluding carboxylic acids is 1. The molecule has 162 valence electrons. The van der Waals surface area contributed by atoms with Crippen molar-refractivity contribution >= 4 is 21.5 Å². The van der Waals surface area contributed by atoms with Crippen molar-refractivity contribution in [2.45, 2.75) is 30.1 Å². The van der Waals surface area contributed by atoms with E-state index in [0.717, 1.165) is 35.2 Å². The van der Waals surface area contributed by atoms with E-state index >= 15 is 0 Å². The zero-order chi connectivity index (χ0) is 22.3. The number of hydrogen-bond donors (Lipinski definition) is 1. The van der Waals surface area contributed by atoms with Crippen LogP contribution in [0.5, 0.6) is 0 Å². The minimum atomic E-state index is -3.58. The van der Waals surface area contributed by atoms with Crippen molar-refractivity contribution in [1.82, 2.24) is 0 Å². The zero-order valence-electron chi connectivity index (χ0n) is 17.5. The van der Waals surface area contributed by atoms with Crippen molar-refractivity contribution in [2.24, 2.45) is 0 Å². The van der Waals surface area contributed by atoms with Crippen LogP contribution in [0.15, 0.2) is 83.8 Å². The molecular weight excluding hydrogens is 410 g/mol. The Bertz CT molecular complexity index is 1110. The van der Waals surface area contributed by atoms with Crippen molar-refractivity contribution < 1.29 is 17.9 Å². The largest absolute Gasteiger partial charge is 0.469 e. The van der Waals surface area contributed by atoms with E-state index in [9.17, 15) is 13.2 Å². The highest BCUT2D eigenvalue weighted by atomic mass is 32.2. The Balaban J connectivity index is 1.71. The average Bonchev–Trinajstić information content (AvgIpc) is 2.78. The van der Waals surface area contributed by atoms with Gasteiger partial charge in [-0.2, -0.15) is 0 Å². The van der Waals surface area contributed by atoms with Crippen LogP contribution in [0.4, 0.5) is 5.69 Å². The summed E-state index contributed by atoms with van der Waals surface area (Å²) in [6, 6.07) is 23.9. The predicted octanol–water partition coefficient (Wildman–Crippen LogP) is 4.17. The minimum absolute atomic E-state index is 0.0119. The Hall–Kier alpha value is -3.12. The summed E-state index contributed by atoms with van der Waals surface area (Å²) in [7, 11) is -2.27. The standard InChI is InChI=1S/C25H27NO4S/c1-30-25(27)17-22(21-7-3-2-4-8-21)18-31(28,29)24-14-12-19(13-15-24)10-11-20-6-5-9-23(26)16-20/h2-9,12-16,22H,10-11,17-18,26H2,1H3. The van der Waals surface area contributed by atoms with Gasteiger partial charge in [0.2, 0.25) is 0 Å². The molecule has 0 bridgehead atoms. The van der Waals surface area contributed by atoms with Gasteiger partial charge < -0.3 is 10.5 Å². The molecule has 0 aliphatic rings. The molecule has 1 unspecified atom stereocenters. The number of nitrogens with two attached hydrogens (primary N) is 1. The molecule has 0 heterocycles. The topological polar surface area (TPSA) is 86.5 Å². The van der Waals surface area contributed by atoms with Crippen LogP contribution >= 0.6 is 0 Å². The smallest absolute Gasteiger partial charge is 0.306 e. The number of methoxy groups -OCH3 is 1. The Kier molecular flexibility index (Phi) is 7.47. The van der Waals surface area contributed by atoms with E-state index < -0.39 is 21.7 Å². The number of nitrogen functional groups attached to an aromatic ring is 1. The van der Waals surface area contributed by atoms with Crippen LogP contribution in [0.1, 0.15) is 29.0 Å². The Morgan fingerprint density at radius 3 is 2.23 bits per heavy atom. The molecule has 3 rings (SSSR count). The van der Waals surface area contributed by atoms with Gasteiger partial charge >= 0.3 is 5.97 Å². The maximum atomic E-state index is 13.0. The van der Waals surface area contributed by atoms with Crippen LogP contribution in [0.3, 0.4) is 0 Å². The maximum Gasteiger partial charge on any atom is 0.306 e. The van der Waals surface area contributed by atoms with Gasteiger partial charge in [0.25, 0.3) is 0 Å². The number of hydrogen-bond acceptors (Lipinski definition) is 5. The Morgan fingerprint density at radius 2 is 1.58 bits per heavy atom. The summed E-state index contributed by atoms with van der Waals surface area (Å²) >= 11 is 0. The first-order chi connectivity index (χ1) is 14.9. The third-order valence-corrected chi connectivity index (χ3v) is 7.10. The molecule has 0 amide bonds. The second kappa shape index (κ2) is 10.3. The second-order valence-electron chi connectivity index (χ2n) is 7.56. The molecule has 2 N–H and O–H groups in total. The molecule has 0 aromatic heterocycles. The molecule has 0 spiro atoms. The first-order valence-corrected chi connectivity index (χ1v) is 11.8. The van der Waals surface area contributed by atoms with Crippen LogP contribution in [-0.2, 0) is 32.2 Å². The Morgan fingerprint density at radius 1 is 0.903 bits per heavy atom.